The van der Waals surface area contributed by atoms with Crippen LogP contribution in [0.4, 0.5) is 0 Å². The lowest BCUT2D eigenvalue weighted by molar-refractivity contribution is -0.153. The predicted molar refractivity (Wildman–Crippen MR) is 87.0 cm³/mol. The second-order valence-corrected chi connectivity index (χ2v) is 6.83. The van der Waals surface area contributed by atoms with E-state index in [0.29, 0.717) is 19.7 Å². The van der Waals surface area contributed by atoms with Gasteiger partial charge in [0.15, 0.2) is 0 Å². The van der Waals surface area contributed by atoms with E-state index in [4.69, 9.17) is 9.47 Å². The average Bonchev–Trinajstić information content (AvgIpc) is 3.19. The van der Waals surface area contributed by atoms with Crippen LogP contribution >= 0.6 is 0 Å². The number of likely N-dealkylation sites (tertiary alicyclic amines) is 1. The molecule has 1 spiro atoms. The van der Waals surface area contributed by atoms with Crippen LogP contribution in [-0.4, -0.2) is 41.6 Å². The molecule has 2 bridgehead atoms. The van der Waals surface area contributed by atoms with Gasteiger partial charge in [0.1, 0.15) is 11.5 Å². The molecule has 126 valence electrons. The second kappa shape index (κ2) is 5.45. The molecule has 0 saturated carbocycles. The SMILES string of the molecule is CCOC(=O)[C@@H]1[C@H]2C(=O)N(Cc3ccc(C)cc3)C[C@]23C=C[C@H]1O3. The van der Waals surface area contributed by atoms with Gasteiger partial charge >= 0.3 is 5.97 Å². The van der Waals surface area contributed by atoms with E-state index in [1.807, 2.05) is 43.3 Å². The highest BCUT2D eigenvalue weighted by molar-refractivity contribution is 5.91. The van der Waals surface area contributed by atoms with E-state index in [1.54, 1.807) is 11.8 Å². The van der Waals surface area contributed by atoms with Crippen LogP contribution in [0, 0.1) is 18.8 Å². The number of rotatable bonds is 4. The van der Waals surface area contributed by atoms with Crippen LogP contribution in [0.3, 0.4) is 0 Å². The van der Waals surface area contributed by atoms with Crippen LogP contribution in [0.15, 0.2) is 36.4 Å². The summed E-state index contributed by atoms with van der Waals surface area (Å²) in [5, 5.41) is 0. The Morgan fingerprint density at radius 1 is 1.38 bits per heavy atom. The van der Waals surface area contributed by atoms with Gasteiger partial charge in [-0.2, -0.15) is 0 Å². The molecule has 3 heterocycles. The second-order valence-electron chi connectivity index (χ2n) is 6.83. The third-order valence-corrected chi connectivity index (χ3v) is 5.23. The molecule has 0 aliphatic carbocycles. The first-order valence-electron chi connectivity index (χ1n) is 8.42. The molecular weight excluding hydrogens is 306 g/mol. The lowest BCUT2D eigenvalue weighted by Gasteiger charge is -2.22. The first-order valence-corrected chi connectivity index (χ1v) is 8.42. The third-order valence-electron chi connectivity index (χ3n) is 5.23. The maximum atomic E-state index is 13.0. The van der Waals surface area contributed by atoms with Crippen LogP contribution in [0.5, 0.6) is 0 Å². The largest absolute Gasteiger partial charge is 0.466 e. The lowest BCUT2D eigenvalue weighted by atomic mass is 9.77. The maximum Gasteiger partial charge on any atom is 0.312 e. The summed E-state index contributed by atoms with van der Waals surface area (Å²) >= 11 is 0. The standard InChI is InChI=1S/C19H21NO4/c1-3-23-18(22)15-14-8-9-19(24-14)11-20(17(21)16(15)19)10-13-6-4-12(2)5-7-13/h4-9,14-16H,3,10-11H2,1-2H3/t14-,15+,16+,19-/m1/s1. The molecule has 4 atom stereocenters. The van der Waals surface area contributed by atoms with Crippen LogP contribution in [0.1, 0.15) is 18.1 Å². The van der Waals surface area contributed by atoms with E-state index in [-0.39, 0.29) is 18.0 Å². The minimum absolute atomic E-state index is 0.0134. The molecule has 3 aliphatic rings. The smallest absolute Gasteiger partial charge is 0.312 e. The van der Waals surface area contributed by atoms with E-state index in [0.717, 1.165) is 5.56 Å². The minimum atomic E-state index is -0.663. The van der Waals surface area contributed by atoms with Crippen molar-refractivity contribution < 1.29 is 19.1 Å². The molecule has 0 aromatic heterocycles. The fraction of sp³-hybridized carbons (Fsp3) is 0.474. The van der Waals surface area contributed by atoms with Crippen molar-refractivity contribution in [2.75, 3.05) is 13.2 Å². The molecule has 3 aliphatic heterocycles. The zero-order valence-corrected chi connectivity index (χ0v) is 13.9. The number of hydrogen-bond donors (Lipinski definition) is 0. The van der Waals surface area contributed by atoms with Gasteiger partial charge in [-0.1, -0.05) is 42.0 Å². The maximum absolute atomic E-state index is 13.0. The molecule has 1 amide bonds. The van der Waals surface area contributed by atoms with Crippen molar-refractivity contribution in [2.45, 2.75) is 32.1 Å². The quantitative estimate of drug-likeness (QED) is 0.625. The molecule has 24 heavy (non-hydrogen) atoms. The fourth-order valence-corrected chi connectivity index (χ4v) is 4.13. The Balaban J connectivity index is 1.58. The van der Waals surface area contributed by atoms with Crippen molar-refractivity contribution in [3.63, 3.8) is 0 Å². The number of nitrogens with zero attached hydrogens (tertiary/aromatic N) is 1. The van der Waals surface area contributed by atoms with Crippen LogP contribution in [0.2, 0.25) is 0 Å². The zero-order valence-electron chi connectivity index (χ0n) is 13.9. The highest BCUT2D eigenvalue weighted by Gasteiger charge is 2.67. The summed E-state index contributed by atoms with van der Waals surface area (Å²) in [5.74, 6) is -1.33. The Hall–Kier alpha value is -2.14. The molecule has 0 N–H and O–H groups in total. The van der Waals surface area contributed by atoms with Crippen molar-refractivity contribution in [3.05, 3.63) is 47.5 Å². The highest BCUT2D eigenvalue weighted by atomic mass is 16.6. The summed E-state index contributed by atoms with van der Waals surface area (Å²) in [5.41, 5.74) is 1.61. The van der Waals surface area contributed by atoms with Crippen molar-refractivity contribution in [3.8, 4) is 0 Å². The Bertz CT molecular complexity index is 711. The molecule has 0 radical (unpaired) electrons. The number of amides is 1. The predicted octanol–water partition coefficient (Wildman–Crippen LogP) is 1.84. The number of carbonyl (C=O) groups is 2. The van der Waals surface area contributed by atoms with Gasteiger partial charge in [-0.3, -0.25) is 9.59 Å². The highest BCUT2D eigenvalue weighted by Crippen LogP contribution is 2.52. The molecule has 1 aromatic carbocycles. The van der Waals surface area contributed by atoms with Gasteiger partial charge in [0, 0.05) is 6.54 Å². The first-order chi connectivity index (χ1) is 11.5. The monoisotopic (exact) mass is 327 g/mol. The fourth-order valence-electron chi connectivity index (χ4n) is 4.13. The van der Waals surface area contributed by atoms with E-state index in [1.165, 1.54) is 5.56 Å². The summed E-state index contributed by atoms with van der Waals surface area (Å²) in [6, 6.07) is 8.15. The van der Waals surface area contributed by atoms with Crippen molar-refractivity contribution in [1.29, 1.82) is 0 Å². The van der Waals surface area contributed by atoms with E-state index in [9.17, 15) is 9.59 Å². The van der Waals surface area contributed by atoms with Crippen molar-refractivity contribution in [1.82, 2.24) is 4.90 Å². The number of hydrogen-bond acceptors (Lipinski definition) is 4. The van der Waals surface area contributed by atoms with Gasteiger partial charge in [0.2, 0.25) is 5.91 Å². The molecule has 0 unspecified atom stereocenters. The number of esters is 1. The summed E-state index contributed by atoms with van der Waals surface area (Å²) in [6.45, 7) is 5.15. The van der Waals surface area contributed by atoms with Crippen LogP contribution < -0.4 is 0 Å². The molecular formula is C19H21NO4. The van der Waals surface area contributed by atoms with Gasteiger partial charge in [0.25, 0.3) is 0 Å². The van der Waals surface area contributed by atoms with Gasteiger partial charge in [0.05, 0.1) is 25.2 Å². The summed E-state index contributed by atoms with van der Waals surface area (Å²) < 4.78 is 11.2. The minimum Gasteiger partial charge on any atom is -0.466 e. The Morgan fingerprint density at radius 2 is 2.12 bits per heavy atom. The normalized spacial score (nSPS) is 33.2. The number of ether oxygens (including phenoxy) is 2. The first kappa shape index (κ1) is 15.4. The summed E-state index contributed by atoms with van der Waals surface area (Å²) in [6.07, 6.45) is 3.53. The van der Waals surface area contributed by atoms with Crippen molar-refractivity contribution >= 4 is 11.9 Å². The molecule has 2 fully saturated rings. The van der Waals surface area contributed by atoms with Gasteiger partial charge in [-0.05, 0) is 19.4 Å². The summed E-state index contributed by atoms with van der Waals surface area (Å²) in [4.78, 5) is 27.1. The summed E-state index contributed by atoms with van der Waals surface area (Å²) in [7, 11) is 0. The number of fused-ring (bicyclic) bond motifs is 1. The molecule has 5 heteroatoms. The number of carbonyl (C=O) groups excluding carboxylic acids is 2. The van der Waals surface area contributed by atoms with Gasteiger partial charge in [-0.25, -0.2) is 0 Å². The van der Waals surface area contributed by atoms with Gasteiger partial charge in [-0.15, -0.1) is 0 Å². The van der Waals surface area contributed by atoms with Crippen LogP contribution in [0.25, 0.3) is 0 Å². The number of aryl methyl sites for hydroxylation is 1. The molecule has 2 saturated heterocycles. The average molecular weight is 327 g/mol. The molecule has 5 nitrogen and oxygen atoms in total. The molecule has 1 aromatic rings. The Kier molecular flexibility index (Phi) is 3.49. The van der Waals surface area contributed by atoms with Gasteiger partial charge < -0.3 is 14.4 Å². The lowest BCUT2D eigenvalue weighted by Crippen LogP contribution is -2.40. The van der Waals surface area contributed by atoms with Crippen molar-refractivity contribution in [2.24, 2.45) is 11.8 Å². The number of benzene rings is 1. The Labute approximate surface area is 141 Å². The third kappa shape index (κ3) is 2.18. The molecule has 4 rings (SSSR count). The van der Waals surface area contributed by atoms with E-state index in [2.05, 4.69) is 0 Å². The zero-order chi connectivity index (χ0) is 16.9. The van der Waals surface area contributed by atoms with E-state index < -0.39 is 17.4 Å². The Morgan fingerprint density at radius 3 is 2.83 bits per heavy atom. The van der Waals surface area contributed by atoms with E-state index >= 15 is 0 Å². The topological polar surface area (TPSA) is 55.8 Å². The van der Waals surface area contributed by atoms with Crippen LogP contribution in [-0.2, 0) is 25.6 Å².